The number of hydrogen-bond donors (Lipinski definition) is 1. The lowest BCUT2D eigenvalue weighted by Gasteiger charge is -2.40. The van der Waals surface area contributed by atoms with Crippen LogP contribution in [0.5, 0.6) is 0 Å². The fourth-order valence-electron chi connectivity index (χ4n) is 2.11. The molecule has 0 aromatic rings. The molecule has 2 unspecified atom stereocenters. The van der Waals surface area contributed by atoms with Crippen molar-refractivity contribution in [2.24, 2.45) is 11.7 Å². The highest BCUT2D eigenvalue weighted by molar-refractivity contribution is 7.90. The molecule has 2 atom stereocenters. The van der Waals surface area contributed by atoms with Gasteiger partial charge in [0.1, 0.15) is 0 Å². The van der Waals surface area contributed by atoms with Gasteiger partial charge in [0, 0.05) is 19.1 Å². The van der Waals surface area contributed by atoms with Crippen molar-refractivity contribution in [3.8, 4) is 0 Å². The van der Waals surface area contributed by atoms with Gasteiger partial charge in [-0.3, -0.25) is 0 Å². The molecule has 0 amide bonds. The quantitative estimate of drug-likeness (QED) is 0.798. The van der Waals surface area contributed by atoms with Gasteiger partial charge in [0.15, 0.2) is 0 Å². The third-order valence-electron chi connectivity index (χ3n) is 3.28. The molecule has 16 heavy (non-hydrogen) atoms. The monoisotopic (exact) mass is 248 g/mol. The Morgan fingerprint density at radius 3 is 2.38 bits per heavy atom. The van der Waals surface area contributed by atoms with Crippen LogP contribution in [0.25, 0.3) is 0 Å². The first-order valence-corrected chi connectivity index (χ1v) is 7.35. The van der Waals surface area contributed by atoms with Crippen molar-refractivity contribution in [3.63, 3.8) is 0 Å². The Kier molecular flexibility index (Phi) is 4.03. The molecule has 0 aromatic carbocycles. The van der Waals surface area contributed by atoms with Gasteiger partial charge in [-0.2, -0.15) is 4.31 Å². The second-order valence-electron chi connectivity index (χ2n) is 5.75. The minimum atomic E-state index is -3.23. The minimum Gasteiger partial charge on any atom is -0.329 e. The van der Waals surface area contributed by atoms with E-state index in [1.807, 2.05) is 0 Å². The van der Waals surface area contributed by atoms with Crippen molar-refractivity contribution >= 4 is 10.0 Å². The van der Waals surface area contributed by atoms with Crippen molar-refractivity contribution in [2.75, 3.05) is 13.1 Å². The lowest BCUT2D eigenvalue weighted by atomic mass is 9.94. The van der Waals surface area contributed by atoms with Crippen LogP contribution >= 0.6 is 0 Å². The van der Waals surface area contributed by atoms with E-state index in [2.05, 4.69) is 6.92 Å². The van der Waals surface area contributed by atoms with E-state index in [0.29, 0.717) is 19.0 Å². The summed E-state index contributed by atoms with van der Waals surface area (Å²) in [7, 11) is -3.23. The highest BCUT2D eigenvalue weighted by Crippen LogP contribution is 2.29. The van der Waals surface area contributed by atoms with Crippen molar-refractivity contribution in [3.05, 3.63) is 0 Å². The van der Waals surface area contributed by atoms with Crippen molar-refractivity contribution in [1.82, 2.24) is 4.31 Å². The maximum Gasteiger partial charge on any atom is 0.219 e. The van der Waals surface area contributed by atoms with Gasteiger partial charge in [0.05, 0.1) is 4.75 Å². The summed E-state index contributed by atoms with van der Waals surface area (Å²) in [6.07, 6.45) is 1.82. The Labute approximate surface area is 99.2 Å². The summed E-state index contributed by atoms with van der Waals surface area (Å²) in [5.74, 6) is 0.569. The van der Waals surface area contributed by atoms with Gasteiger partial charge in [-0.05, 0) is 39.5 Å². The topological polar surface area (TPSA) is 63.4 Å². The smallest absolute Gasteiger partial charge is 0.219 e. The Morgan fingerprint density at radius 2 is 1.94 bits per heavy atom. The molecule has 5 heteroatoms. The highest BCUT2D eigenvalue weighted by Gasteiger charge is 2.40. The molecule has 0 radical (unpaired) electrons. The van der Waals surface area contributed by atoms with Crippen LogP contribution < -0.4 is 5.73 Å². The van der Waals surface area contributed by atoms with E-state index in [9.17, 15) is 8.42 Å². The molecule has 1 rings (SSSR count). The molecule has 1 aliphatic heterocycles. The van der Waals surface area contributed by atoms with Gasteiger partial charge >= 0.3 is 0 Å². The van der Waals surface area contributed by atoms with Crippen molar-refractivity contribution in [1.29, 1.82) is 0 Å². The van der Waals surface area contributed by atoms with E-state index in [1.54, 1.807) is 25.1 Å². The lowest BCUT2D eigenvalue weighted by Crippen LogP contribution is -2.53. The fraction of sp³-hybridized carbons (Fsp3) is 1.00. The molecule has 2 N–H and O–H groups in total. The Balaban J connectivity index is 2.95. The van der Waals surface area contributed by atoms with E-state index in [1.165, 1.54) is 0 Å². The third-order valence-corrected chi connectivity index (χ3v) is 5.92. The number of nitrogens with zero attached hydrogens (tertiary/aromatic N) is 1. The van der Waals surface area contributed by atoms with E-state index < -0.39 is 14.8 Å². The average molecular weight is 248 g/mol. The number of nitrogens with two attached hydrogens (primary N) is 1. The number of piperidine rings is 1. The number of hydrogen-bond acceptors (Lipinski definition) is 3. The molecular weight excluding hydrogens is 224 g/mol. The lowest BCUT2D eigenvalue weighted by molar-refractivity contribution is 0.207. The third kappa shape index (κ3) is 2.57. The van der Waals surface area contributed by atoms with E-state index >= 15 is 0 Å². The molecule has 4 nitrogen and oxygen atoms in total. The van der Waals surface area contributed by atoms with Gasteiger partial charge in [0.2, 0.25) is 10.0 Å². The van der Waals surface area contributed by atoms with Crippen LogP contribution in [-0.2, 0) is 10.0 Å². The van der Waals surface area contributed by atoms with Crippen LogP contribution in [0.3, 0.4) is 0 Å². The van der Waals surface area contributed by atoms with Crippen LogP contribution in [0.15, 0.2) is 0 Å². The summed E-state index contributed by atoms with van der Waals surface area (Å²) < 4.78 is 25.6. The first-order valence-electron chi connectivity index (χ1n) is 5.91. The average Bonchev–Trinajstić information content (AvgIpc) is 2.15. The highest BCUT2D eigenvalue weighted by atomic mass is 32.2. The Bertz CT molecular complexity index is 332. The summed E-state index contributed by atoms with van der Waals surface area (Å²) in [6.45, 7) is 8.42. The Hall–Kier alpha value is -0.130. The number of sulfonamides is 1. The summed E-state index contributed by atoms with van der Waals surface area (Å²) >= 11 is 0. The molecule has 0 saturated carbocycles. The standard InChI is InChI=1S/C11H24N2O2S/c1-9-5-6-13(10(7-9)8-12)16(14,15)11(2,3)4/h9-10H,5-8,12H2,1-4H3. The SMILES string of the molecule is CC1CCN(S(=O)(=O)C(C)(C)C)C(CN)C1. The zero-order valence-corrected chi connectivity index (χ0v) is 11.5. The Morgan fingerprint density at radius 1 is 1.38 bits per heavy atom. The van der Waals surface area contributed by atoms with E-state index in [-0.39, 0.29) is 6.04 Å². The molecule has 96 valence electrons. The van der Waals surface area contributed by atoms with E-state index in [0.717, 1.165) is 12.8 Å². The van der Waals surface area contributed by atoms with Gasteiger partial charge in [-0.25, -0.2) is 8.42 Å². The first-order chi connectivity index (χ1) is 7.20. The van der Waals surface area contributed by atoms with Crippen LogP contribution in [-0.4, -0.2) is 36.6 Å². The second kappa shape index (κ2) is 4.63. The van der Waals surface area contributed by atoms with Crippen LogP contribution in [0.4, 0.5) is 0 Å². The summed E-state index contributed by atoms with van der Waals surface area (Å²) in [5, 5.41) is 0. The van der Waals surface area contributed by atoms with E-state index in [4.69, 9.17) is 5.73 Å². The van der Waals surface area contributed by atoms with Crippen molar-refractivity contribution in [2.45, 2.75) is 51.3 Å². The summed E-state index contributed by atoms with van der Waals surface area (Å²) in [6, 6.07) is -0.0204. The molecule has 0 aromatic heterocycles. The molecule has 0 aliphatic carbocycles. The predicted octanol–water partition coefficient (Wildman–Crippen LogP) is 1.17. The zero-order chi connectivity index (χ0) is 12.6. The minimum absolute atomic E-state index is 0.0204. The van der Waals surface area contributed by atoms with Gasteiger partial charge < -0.3 is 5.73 Å². The number of rotatable bonds is 2. The van der Waals surface area contributed by atoms with Crippen LogP contribution in [0, 0.1) is 5.92 Å². The van der Waals surface area contributed by atoms with Crippen molar-refractivity contribution < 1.29 is 8.42 Å². The molecule has 1 heterocycles. The zero-order valence-electron chi connectivity index (χ0n) is 10.7. The largest absolute Gasteiger partial charge is 0.329 e. The normalized spacial score (nSPS) is 29.3. The molecular formula is C11H24N2O2S. The predicted molar refractivity (Wildman–Crippen MR) is 66.6 cm³/mol. The molecule has 1 saturated heterocycles. The second-order valence-corrected chi connectivity index (χ2v) is 8.39. The maximum atomic E-state index is 12.4. The van der Waals surface area contributed by atoms with Gasteiger partial charge in [-0.1, -0.05) is 6.92 Å². The molecule has 0 bridgehead atoms. The van der Waals surface area contributed by atoms with Crippen LogP contribution in [0.1, 0.15) is 40.5 Å². The summed E-state index contributed by atoms with van der Waals surface area (Å²) in [4.78, 5) is 0. The first kappa shape index (κ1) is 13.9. The molecule has 0 spiro atoms. The fourth-order valence-corrected chi connectivity index (χ4v) is 3.73. The maximum absolute atomic E-state index is 12.4. The van der Waals surface area contributed by atoms with Crippen LogP contribution in [0.2, 0.25) is 0 Å². The summed E-state index contributed by atoms with van der Waals surface area (Å²) in [5.41, 5.74) is 5.69. The molecule has 1 fully saturated rings. The molecule has 1 aliphatic rings. The van der Waals surface area contributed by atoms with Gasteiger partial charge in [0.25, 0.3) is 0 Å². The van der Waals surface area contributed by atoms with Gasteiger partial charge in [-0.15, -0.1) is 0 Å².